The van der Waals surface area contributed by atoms with Crippen molar-refractivity contribution in [3.05, 3.63) is 12.4 Å². The van der Waals surface area contributed by atoms with Gasteiger partial charge in [0.05, 0.1) is 25.0 Å². The quantitative estimate of drug-likeness (QED) is 0.612. The highest BCUT2D eigenvalue weighted by atomic mass is 16.5. The second-order valence-electron chi connectivity index (χ2n) is 4.03. The topological polar surface area (TPSA) is 79.3 Å². The lowest BCUT2D eigenvalue weighted by Crippen LogP contribution is -2.26. The van der Waals surface area contributed by atoms with E-state index in [1.54, 1.807) is 19.5 Å². The van der Waals surface area contributed by atoms with Gasteiger partial charge in [-0.15, -0.1) is 0 Å². The lowest BCUT2D eigenvalue weighted by atomic mass is 10.2. The van der Waals surface area contributed by atoms with Gasteiger partial charge in [-0.1, -0.05) is 6.92 Å². The molecule has 0 bridgehead atoms. The molecule has 0 saturated carbocycles. The van der Waals surface area contributed by atoms with Gasteiger partial charge in [0.25, 0.3) is 0 Å². The zero-order chi connectivity index (χ0) is 13.2. The van der Waals surface area contributed by atoms with Crippen molar-refractivity contribution in [3.63, 3.8) is 0 Å². The predicted molar refractivity (Wildman–Crippen MR) is 71.8 cm³/mol. The fraction of sp³-hybridized carbons (Fsp3) is 0.667. The van der Waals surface area contributed by atoms with Crippen LogP contribution in [0.3, 0.4) is 0 Å². The van der Waals surface area contributed by atoms with Crippen molar-refractivity contribution in [3.8, 4) is 0 Å². The van der Waals surface area contributed by atoms with Crippen LogP contribution in [0.15, 0.2) is 12.4 Å². The minimum atomic E-state index is 0.0377. The van der Waals surface area contributed by atoms with E-state index in [4.69, 9.17) is 9.84 Å². The number of aliphatic hydroxyl groups excluding tert-OH is 1. The molecular formula is C12H22N4O2. The van der Waals surface area contributed by atoms with E-state index in [1.165, 1.54) is 0 Å². The van der Waals surface area contributed by atoms with Crippen LogP contribution < -0.4 is 10.6 Å². The van der Waals surface area contributed by atoms with Crippen LogP contribution in [0, 0.1) is 0 Å². The van der Waals surface area contributed by atoms with E-state index in [1.807, 2.05) is 0 Å². The SMILES string of the molecule is CCCNc1cncc(NC(CCO)COC)n1. The molecule has 1 rings (SSSR count). The molecule has 1 atom stereocenters. The highest BCUT2D eigenvalue weighted by Crippen LogP contribution is 2.09. The molecule has 0 aromatic carbocycles. The molecule has 18 heavy (non-hydrogen) atoms. The molecule has 3 N–H and O–H groups in total. The van der Waals surface area contributed by atoms with Crippen LogP contribution in [0.4, 0.5) is 11.6 Å². The smallest absolute Gasteiger partial charge is 0.147 e. The normalized spacial score (nSPS) is 12.2. The standard InChI is InChI=1S/C12H22N4O2/c1-3-5-14-11-7-13-8-12(16-11)15-10(4-6-17)9-18-2/h7-8,10,17H,3-6,9H2,1-2H3,(H2,14,15,16). The predicted octanol–water partition coefficient (Wildman–Crippen LogP) is 1.11. The molecule has 1 aromatic heterocycles. The molecule has 0 aliphatic heterocycles. The van der Waals surface area contributed by atoms with Crippen molar-refractivity contribution in [1.82, 2.24) is 9.97 Å². The van der Waals surface area contributed by atoms with E-state index in [-0.39, 0.29) is 12.6 Å². The minimum Gasteiger partial charge on any atom is -0.396 e. The number of aliphatic hydroxyl groups is 1. The summed E-state index contributed by atoms with van der Waals surface area (Å²) >= 11 is 0. The Morgan fingerprint density at radius 2 is 2.17 bits per heavy atom. The van der Waals surface area contributed by atoms with Gasteiger partial charge in [0.15, 0.2) is 0 Å². The van der Waals surface area contributed by atoms with Gasteiger partial charge in [0, 0.05) is 20.3 Å². The zero-order valence-corrected chi connectivity index (χ0v) is 11.0. The Morgan fingerprint density at radius 1 is 1.39 bits per heavy atom. The van der Waals surface area contributed by atoms with Gasteiger partial charge in [-0.25, -0.2) is 4.98 Å². The molecule has 6 heteroatoms. The van der Waals surface area contributed by atoms with Crippen LogP contribution >= 0.6 is 0 Å². The molecule has 1 unspecified atom stereocenters. The summed E-state index contributed by atoms with van der Waals surface area (Å²) in [5.41, 5.74) is 0. The number of hydrogen-bond acceptors (Lipinski definition) is 6. The summed E-state index contributed by atoms with van der Waals surface area (Å²) in [6.45, 7) is 3.60. The second kappa shape index (κ2) is 8.66. The first-order valence-corrected chi connectivity index (χ1v) is 6.22. The van der Waals surface area contributed by atoms with Crippen LogP contribution in [0.2, 0.25) is 0 Å². The Bertz CT molecular complexity index is 330. The molecule has 0 spiro atoms. The second-order valence-corrected chi connectivity index (χ2v) is 4.03. The highest BCUT2D eigenvalue weighted by Gasteiger charge is 2.08. The summed E-state index contributed by atoms with van der Waals surface area (Å²) in [5, 5.41) is 15.3. The maximum Gasteiger partial charge on any atom is 0.147 e. The van der Waals surface area contributed by atoms with Crippen LogP contribution in [-0.4, -0.2) is 48.0 Å². The van der Waals surface area contributed by atoms with Crippen LogP contribution in [-0.2, 0) is 4.74 Å². The van der Waals surface area contributed by atoms with E-state index in [9.17, 15) is 0 Å². The number of methoxy groups -OCH3 is 1. The number of ether oxygens (including phenoxy) is 1. The number of aromatic nitrogens is 2. The van der Waals surface area contributed by atoms with Crippen LogP contribution in [0.25, 0.3) is 0 Å². The summed E-state index contributed by atoms with van der Waals surface area (Å²) in [4.78, 5) is 8.51. The Morgan fingerprint density at radius 3 is 2.83 bits per heavy atom. The van der Waals surface area contributed by atoms with Crippen molar-refractivity contribution in [2.24, 2.45) is 0 Å². The molecule has 1 aromatic rings. The first-order chi connectivity index (χ1) is 8.80. The third-order valence-corrected chi connectivity index (χ3v) is 2.39. The molecule has 1 heterocycles. The average Bonchev–Trinajstić information content (AvgIpc) is 2.37. The first-order valence-electron chi connectivity index (χ1n) is 6.22. The Labute approximate surface area is 108 Å². The number of anilines is 2. The van der Waals surface area contributed by atoms with E-state index < -0.39 is 0 Å². The van der Waals surface area contributed by atoms with Crippen molar-refractivity contribution >= 4 is 11.6 Å². The average molecular weight is 254 g/mol. The first kappa shape index (κ1) is 14.7. The zero-order valence-electron chi connectivity index (χ0n) is 11.0. The molecule has 0 aliphatic carbocycles. The summed E-state index contributed by atoms with van der Waals surface area (Å²) in [6.07, 6.45) is 5.01. The van der Waals surface area contributed by atoms with Gasteiger partial charge in [0.1, 0.15) is 11.6 Å². The van der Waals surface area contributed by atoms with Crippen molar-refractivity contribution in [2.75, 3.05) is 37.5 Å². The van der Waals surface area contributed by atoms with Crippen molar-refractivity contribution in [2.45, 2.75) is 25.8 Å². The Kier molecular flexibility index (Phi) is 7.05. The van der Waals surface area contributed by atoms with E-state index >= 15 is 0 Å². The summed E-state index contributed by atoms with van der Waals surface area (Å²) in [6, 6.07) is 0.0377. The van der Waals surface area contributed by atoms with Crippen LogP contribution in [0.1, 0.15) is 19.8 Å². The van der Waals surface area contributed by atoms with E-state index in [0.29, 0.717) is 18.8 Å². The van der Waals surface area contributed by atoms with Crippen molar-refractivity contribution in [1.29, 1.82) is 0 Å². The molecule has 0 aliphatic rings. The van der Waals surface area contributed by atoms with Gasteiger partial charge in [-0.2, -0.15) is 0 Å². The number of nitrogens with one attached hydrogen (secondary N) is 2. The maximum atomic E-state index is 8.97. The largest absolute Gasteiger partial charge is 0.396 e. The van der Waals surface area contributed by atoms with E-state index in [0.717, 1.165) is 18.8 Å². The molecular weight excluding hydrogens is 232 g/mol. The molecule has 0 fully saturated rings. The molecule has 0 radical (unpaired) electrons. The van der Waals surface area contributed by atoms with Gasteiger partial charge in [0.2, 0.25) is 0 Å². The maximum absolute atomic E-state index is 8.97. The summed E-state index contributed by atoms with van der Waals surface area (Å²) in [7, 11) is 1.64. The van der Waals surface area contributed by atoms with Gasteiger partial charge in [-0.3, -0.25) is 4.98 Å². The van der Waals surface area contributed by atoms with Gasteiger partial charge >= 0.3 is 0 Å². The summed E-state index contributed by atoms with van der Waals surface area (Å²) < 4.78 is 5.09. The highest BCUT2D eigenvalue weighted by molar-refractivity contribution is 5.42. The Balaban J connectivity index is 2.58. The number of hydrogen-bond donors (Lipinski definition) is 3. The van der Waals surface area contributed by atoms with Crippen LogP contribution in [0.5, 0.6) is 0 Å². The third kappa shape index (κ3) is 5.29. The molecule has 0 saturated heterocycles. The fourth-order valence-electron chi connectivity index (χ4n) is 1.54. The fourth-order valence-corrected chi connectivity index (χ4v) is 1.54. The lowest BCUT2D eigenvalue weighted by Gasteiger charge is -2.17. The number of nitrogens with zero attached hydrogens (tertiary/aromatic N) is 2. The summed E-state index contributed by atoms with van der Waals surface area (Å²) in [5.74, 6) is 1.44. The van der Waals surface area contributed by atoms with E-state index in [2.05, 4.69) is 27.5 Å². The van der Waals surface area contributed by atoms with Gasteiger partial charge in [-0.05, 0) is 12.8 Å². The Hall–Kier alpha value is -1.40. The number of rotatable bonds is 9. The molecule has 6 nitrogen and oxygen atoms in total. The third-order valence-electron chi connectivity index (χ3n) is 2.39. The monoisotopic (exact) mass is 254 g/mol. The molecule has 102 valence electrons. The van der Waals surface area contributed by atoms with Gasteiger partial charge < -0.3 is 20.5 Å². The lowest BCUT2D eigenvalue weighted by molar-refractivity contribution is 0.170. The minimum absolute atomic E-state index is 0.0377. The van der Waals surface area contributed by atoms with Crippen molar-refractivity contribution < 1.29 is 9.84 Å². The molecule has 0 amide bonds.